The van der Waals surface area contributed by atoms with Crippen LogP contribution in [0.15, 0.2) is 95.6 Å². The maximum Gasteiger partial charge on any atom is 0.251 e. The zero-order valence-electron chi connectivity index (χ0n) is 18.0. The van der Waals surface area contributed by atoms with Gasteiger partial charge in [0.25, 0.3) is 5.91 Å². The zero-order chi connectivity index (χ0) is 22.5. The molecule has 5 aromatic rings. The Bertz CT molecular complexity index is 1350. The van der Waals surface area contributed by atoms with Crippen molar-refractivity contribution in [1.82, 2.24) is 15.5 Å². The van der Waals surface area contributed by atoms with Crippen LogP contribution in [0.5, 0.6) is 0 Å². The third-order valence-electron chi connectivity index (χ3n) is 5.46. The molecule has 0 bridgehead atoms. The number of fused-ring (bicyclic) bond motifs is 1. The summed E-state index contributed by atoms with van der Waals surface area (Å²) in [5, 5.41) is 13.0. The molecule has 0 fully saturated rings. The Morgan fingerprint density at radius 1 is 0.970 bits per heavy atom. The number of furan rings is 1. The summed E-state index contributed by atoms with van der Waals surface area (Å²) in [6, 6.07) is 28.0. The van der Waals surface area contributed by atoms with Crippen LogP contribution >= 0.6 is 11.8 Å². The largest absolute Gasteiger partial charge is 0.468 e. The Labute approximate surface area is 196 Å². The maximum atomic E-state index is 12.4. The van der Waals surface area contributed by atoms with Crippen molar-refractivity contribution < 1.29 is 9.21 Å². The van der Waals surface area contributed by atoms with Crippen LogP contribution in [0.4, 0.5) is 0 Å². The molecule has 0 unspecified atom stereocenters. The van der Waals surface area contributed by atoms with Crippen LogP contribution in [-0.2, 0) is 5.75 Å². The Morgan fingerprint density at radius 3 is 2.67 bits per heavy atom. The van der Waals surface area contributed by atoms with E-state index in [2.05, 4.69) is 45.8 Å². The Morgan fingerprint density at radius 2 is 1.82 bits per heavy atom. The lowest BCUT2D eigenvalue weighted by atomic mass is 10.0. The number of nitrogens with zero attached hydrogens (tertiary/aromatic N) is 1. The number of thioether (sulfide) groups is 1. The van der Waals surface area contributed by atoms with Crippen LogP contribution < -0.4 is 5.32 Å². The van der Waals surface area contributed by atoms with Gasteiger partial charge in [-0.15, -0.1) is 0 Å². The van der Waals surface area contributed by atoms with Gasteiger partial charge in [-0.25, -0.2) is 0 Å². The van der Waals surface area contributed by atoms with Crippen LogP contribution in [0.3, 0.4) is 0 Å². The van der Waals surface area contributed by atoms with E-state index in [0.717, 1.165) is 39.8 Å². The summed E-state index contributed by atoms with van der Waals surface area (Å²) >= 11 is 1.73. The van der Waals surface area contributed by atoms with Crippen molar-refractivity contribution >= 4 is 28.4 Å². The Balaban J connectivity index is 1.21. The van der Waals surface area contributed by atoms with Crippen molar-refractivity contribution in [2.24, 2.45) is 0 Å². The maximum absolute atomic E-state index is 12.4. The summed E-state index contributed by atoms with van der Waals surface area (Å²) in [6.07, 6.45) is 1.68. The minimum Gasteiger partial charge on any atom is -0.468 e. The predicted octanol–water partition coefficient (Wildman–Crippen LogP) is 6.15. The predicted molar refractivity (Wildman–Crippen MR) is 134 cm³/mol. The van der Waals surface area contributed by atoms with Crippen LogP contribution in [-0.4, -0.2) is 28.4 Å². The van der Waals surface area contributed by atoms with Gasteiger partial charge in [-0.2, -0.15) is 16.9 Å². The molecular weight excluding hydrogens is 430 g/mol. The van der Waals surface area contributed by atoms with Crippen molar-refractivity contribution in [3.05, 3.63) is 103 Å². The standard InChI is InChI=1S/C27H23N3O2S/c31-27(28-14-16-33-18-22-7-4-15-32-22)21-12-10-20(11-13-21)25-17-26(30-29-25)24-9-3-6-19-5-1-2-8-23(19)24/h1-13,15,17H,14,16,18H2,(H,28,31)(H,29,30). The normalized spacial score (nSPS) is 11.0. The van der Waals surface area contributed by atoms with E-state index < -0.39 is 0 Å². The first-order valence-electron chi connectivity index (χ1n) is 10.8. The van der Waals surface area contributed by atoms with Gasteiger partial charge in [0.1, 0.15) is 5.76 Å². The van der Waals surface area contributed by atoms with Gasteiger partial charge in [-0.1, -0.05) is 54.6 Å². The zero-order valence-corrected chi connectivity index (χ0v) is 18.8. The average molecular weight is 454 g/mol. The number of H-pyrrole nitrogens is 1. The number of hydrogen-bond donors (Lipinski definition) is 2. The lowest BCUT2D eigenvalue weighted by Crippen LogP contribution is -2.25. The molecule has 0 saturated carbocycles. The number of aromatic nitrogens is 2. The smallest absolute Gasteiger partial charge is 0.251 e. The van der Waals surface area contributed by atoms with Crippen molar-refractivity contribution in [3.63, 3.8) is 0 Å². The van der Waals surface area contributed by atoms with Gasteiger partial charge in [-0.3, -0.25) is 9.89 Å². The number of hydrogen-bond acceptors (Lipinski definition) is 4. The van der Waals surface area contributed by atoms with Crippen LogP contribution in [0.1, 0.15) is 16.1 Å². The molecule has 2 heterocycles. The van der Waals surface area contributed by atoms with Crippen LogP contribution in [0.2, 0.25) is 0 Å². The molecule has 6 heteroatoms. The molecular formula is C27H23N3O2S. The third kappa shape index (κ3) is 4.86. The molecule has 0 aliphatic heterocycles. The molecule has 0 atom stereocenters. The monoisotopic (exact) mass is 453 g/mol. The summed E-state index contributed by atoms with van der Waals surface area (Å²) in [7, 11) is 0. The summed E-state index contributed by atoms with van der Waals surface area (Å²) in [5.41, 5.74) is 4.53. The van der Waals surface area contributed by atoms with Crippen LogP contribution in [0, 0.1) is 0 Å². The highest BCUT2D eigenvalue weighted by Crippen LogP contribution is 2.29. The minimum absolute atomic E-state index is 0.0707. The fourth-order valence-electron chi connectivity index (χ4n) is 3.77. The Kier molecular flexibility index (Phi) is 6.26. The summed E-state index contributed by atoms with van der Waals surface area (Å²) in [5.74, 6) is 2.51. The number of nitrogens with one attached hydrogen (secondary N) is 2. The number of aromatic amines is 1. The number of rotatable bonds is 8. The van der Waals surface area contributed by atoms with Crippen molar-refractivity contribution in [2.45, 2.75) is 5.75 Å². The second-order valence-corrected chi connectivity index (χ2v) is 8.76. The van der Waals surface area contributed by atoms with E-state index in [9.17, 15) is 4.79 Å². The fraction of sp³-hybridized carbons (Fsp3) is 0.111. The van der Waals surface area contributed by atoms with Gasteiger partial charge >= 0.3 is 0 Å². The molecule has 164 valence electrons. The van der Waals surface area contributed by atoms with E-state index in [-0.39, 0.29) is 5.91 Å². The average Bonchev–Trinajstić information content (AvgIpc) is 3.56. The molecule has 3 aromatic carbocycles. The van der Waals surface area contributed by atoms with Gasteiger partial charge in [0.05, 0.1) is 23.4 Å². The number of amides is 1. The van der Waals surface area contributed by atoms with Gasteiger partial charge in [-0.05, 0) is 41.1 Å². The first kappa shape index (κ1) is 21.1. The minimum atomic E-state index is -0.0707. The molecule has 5 nitrogen and oxygen atoms in total. The lowest BCUT2D eigenvalue weighted by Gasteiger charge is -2.05. The number of benzene rings is 3. The molecule has 5 rings (SSSR count). The fourth-order valence-corrected chi connectivity index (χ4v) is 4.52. The summed E-state index contributed by atoms with van der Waals surface area (Å²) < 4.78 is 5.31. The quantitative estimate of drug-likeness (QED) is 0.276. The van der Waals surface area contributed by atoms with E-state index in [1.165, 1.54) is 10.8 Å². The van der Waals surface area contributed by atoms with E-state index in [0.29, 0.717) is 12.1 Å². The molecule has 2 N–H and O–H groups in total. The first-order valence-corrected chi connectivity index (χ1v) is 12.0. The molecule has 0 saturated heterocycles. The molecule has 0 aliphatic carbocycles. The highest BCUT2D eigenvalue weighted by atomic mass is 32.2. The van der Waals surface area contributed by atoms with Gasteiger partial charge in [0.15, 0.2) is 0 Å². The summed E-state index contributed by atoms with van der Waals surface area (Å²) in [6.45, 7) is 0.611. The highest BCUT2D eigenvalue weighted by Gasteiger charge is 2.10. The van der Waals surface area contributed by atoms with E-state index in [1.54, 1.807) is 18.0 Å². The lowest BCUT2D eigenvalue weighted by molar-refractivity contribution is 0.0956. The second kappa shape index (κ2) is 9.79. The number of carbonyl (C=O) groups is 1. The first-order chi connectivity index (χ1) is 16.3. The number of carbonyl (C=O) groups excluding carboxylic acids is 1. The third-order valence-corrected chi connectivity index (χ3v) is 6.44. The second-order valence-electron chi connectivity index (χ2n) is 7.66. The van der Waals surface area contributed by atoms with Crippen molar-refractivity contribution in [3.8, 4) is 22.5 Å². The van der Waals surface area contributed by atoms with E-state index in [4.69, 9.17) is 4.42 Å². The molecule has 0 radical (unpaired) electrons. The SMILES string of the molecule is O=C(NCCSCc1ccco1)c1ccc(-c2cc(-c3cccc4ccccc34)[nH]n2)cc1. The Hall–Kier alpha value is -3.77. The molecule has 1 amide bonds. The van der Waals surface area contributed by atoms with Crippen LogP contribution in [0.25, 0.3) is 33.3 Å². The van der Waals surface area contributed by atoms with Crippen molar-refractivity contribution in [2.75, 3.05) is 12.3 Å². The molecule has 0 aliphatic rings. The molecule has 2 aromatic heterocycles. The van der Waals surface area contributed by atoms with Gasteiger partial charge in [0, 0.05) is 29.0 Å². The van der Waals surface area contributed by atoms with Crippen molar-refractivity contribution in [1.29, 1.82) is 0 Å². The van der Waals surface area contributed by atoms with E-state index >= 15 is 0 Å². The topological polar surface area (TPSA) is 70.9 Å². The molecule has 0 spiro atoms. The molecule has 33 heavy (non-hydrogen) atoms. The van der Waals surface area contributed by atoms with E-state index in [1.807, 2.05) is 54.6 Å². The van der Waals surface area contributed by atoms with Gasteiger partial charge in [0.2, 0.25) is 0 Å². The summed E-state index contributed by atoms with van der Waals surface area (Å²) in [4.78, 5) is 12.4. The van der Waals surface area contributed by atoms with Gasteiger partial charge < -0.3 is 9.73 Å². The highest BCUT2D eigenvalue weighted by molar-refractivity contribution is 7.98.